The minimum atomic E-state index is -0.908. The first-order valence-corrected chi connectivity index (χ1v) is 6.10. The quantitative estimate of drug-likeness (QED) is 0.295. The smallest absolute Gasteiger partial charge is 0.325 e. The number of esters is 2. The molecule has 0 amide bonds. The maximum absolute atomic E-state index is 11.6. The van der Waals surface area contributed by atoms with Crippen molar-refractivity contribution in [2.24, 2.45) is 5.92 Å². The number of cyclic esters (lactones) is 2. The van der Waals surface area contributed by atoms with Gasteiger partial charge in [-0.25, -0.2) is 0 Å². The molecule has 1 heterocycles. The first kappa shape index (κ1) is 13.6. The van der Waals surface area contributed by atoms with E-state index in [1.165, 1.54) is 18.9 Å². The van der Waals surface area contributed by atoms with Gasteiger partial charge in [0.25, 0.3) is 0 Å². The predicted molar refractivity (Wildman–Crippen MR) is 62.1 cm³/mol. The number of ketones is 1. The summed E-state index contributed by atoms with van der Waals surface area (Å²) in [5, 5.41) is 0. The summed E-state index contributed by atoms with van der Waals surface area (Å²) >= 11 is 0. The highest BCUT2D eigenvalue weighted by molar-refractivity contribution is 6.12. The van der Waals surface area contributed by atoms with Crippen LogP contribution in [0.3, 0.4) is 0 Å². The third kappa shape index (κ3) is 4.51. The van der Waals surface area contributed by atoms with Crippen LogP contribution in [0.4, 0.5) is 0 Å². The maximum atomic E-state index is 11.6. The van der Waals surface area contributed by atoms with Crippen molar-refractivity contribution in [3.63, 3.8) is 0 Å². The maximum Gasteiger partial charge on any atom is 0.325 e. The number of allylic oxidation sites excluding steroid dienone is 2. The van der Waals surface area contributed by atoms with Crippen LogP contribution >= 0.6 is 0 Å². The van der Waals surface area contributed by atoms with E-state index < -0.39 is 17.9 Å². The Bertz CT molecular complexity index is 330. The molecule has 4 nitrogen and oxygen atoms in total. The summed E-state index contributed by atoms with van der Waals surface area (Å²) in [5.74, 6) is -2.55. The van der Waals surface area contributed by atoms with Gasteiger partial charge in [-0.2, -0.15) is 0 Å². The zero-order valence-electron chi connectivity index (χ0n) is 10.1. The Morgan fingerprint density at radius 1 is 1.35 bits per heavy atom. The van der Waals surface area contributed by atoms with Gasteiger partial charge in [0, 0.05) is 0 Å². The van der Waals surface area contributed by atoms with Gasteiger partial charge in [0.05, 0.1) is 6.42 Å². The van der Waals surface area contributed by atoms with E-state index in [-0.39, 0.29) is 12.2 Å². The fraction of sp³-hybridized carbons (Fsp3) is 0.615. The molecule has 0 aromatic carbocycles. The van der Waals surface area contributed by atoms with Crippen molar-refractivity contribution < 1.29 is 19.1 Å². The van der Waals surface area contributed by atoms with Crippen LogP contribution in [0.15, 0.2) is 12.2 Å². The normalized spacial score (nSPS) is 19.9. The van der Waals surface area contributed by atoms with E-state index in [9.17, 15) is 14.4 Å². The molecule has 0 bridgehead atoms. The van der Waals surface area contributed by atoms with E-state index in [1.807, 2.05) is 0 Å². The lowest BCUT2D eigenvalue weighted by Gasteiger charge is -1.98. The van der Waals surface area contributed by atoms with Crippen molar-refractivity contribution in [3.8, 4) is 0 Å². The van der Waals surface area contributed by atoms with E-state index in [4.69, 9.17) is 0 Å². The molecule has 17 heavy (non-hydrogen) atoms. The van der Waals surface area contributed by atoms with Gasteiger partial charge in [-0.3, -0.25) is 14.4 Å². The Labute approximate surface area is 101 Å². The molecule has 1 aliphatic rings. The van der Waals surface area contributed by atoms with E-state index in [0.717, 1.165) is 19.3 Å². The molecule has 1 aliphatic heterocycles. The molecule has 1 unspecified atom stereocenters. The number of hydrogen-bond acceptors (Lipinski definition) is 4. The molecule has 0 spiro atoms. The van der Waals surface area contributed by atoms with Gasteiger partial charge in [0.2, 0.25) is 0 Å². The fourth-order valence-corrected chi connectivity index (χ4v) is 1.70. The molecule has 0 N–H and O–H groups in total. The van der Waals surface area contributed by atoms with Gasteiger partial charge in [0.1, 0.15) is 5.92 Å². The highest BCUT2D eigenvalue weighted by Gasteiger charge is 2.37. The highest BCUT2D eigenvalue weighted by atomic mass is 16.6. The summed E-state index contributed by atoms with van der Waals surface area (Å²) in [4.78, 5) is 33.4. The Hall–Kier alpha value is -1.45. The van der Waals surface area contributed by atoms with Crippen LogP contribution in [0.1, 0.15) is 45.4 Å². The van der Waals surface area contributed by atoms with Gasteiger partial charge in [-0.15, -0.1) is 0 Å². The molecule has 1 saturated heterocycles. The summed E-state index contributed by atoms with van der Waals surface area (Å²) in [6, 6.07) is 0. The van der Waals surface area contributed by atoms with Crippen molar-refractivity contribution in [2.45, 2.75) is 45.4 Å². The second-order valence-corrected chi connectivity index (χ2v) is 4.20. The average Bonchev–Trinajstić information content (AvgIpc) is 2.62. The third-order valence-electron chi connectivity index (χ3n) is 2.72. The zero-order chi connectivity index (χ0) is 12.7. The second kappa shape index (κ2) is 6.99. The summed E-state index contributed by atoms with van der Waals surface area (Å²) in [6.07, 6.45) is 8.47. The molecule has 1 fully saturated rings. The molecule has 4 heteroatoms. The number of ether oxygens (including phenoxy) is 1. The summed E-state index contributed by atoms with van der Waals surface area (Å²) in [7, 11) is 0. The van der Waals surface area contributed by atoms with Crippen LogP contribution < -0.4 is 0 Å². The largest absolute Gasteiger partial charge is 0.393 e. The lowest BCUT2D eigenvalue weighted by molar-refractivity contribution is -0.153. The Balaban J connectivity index is 2.27. The van der Waals surface area contributed by atoms with Crippen molar-refractivity contribution in [2.75, 3.05) is 0 Å². The van der Waals surface area contributed by atoms with Crippen LogP contribution in [0.2, 0.25) is 0 Å². The van der Waals surface area contributed by atoms with Gasteiger partial charge in [-0.05, 0) is 18.9 Å². The molecule has 0 aliphatic carbocycles. The molecule has 0 aromatic heterocycles. The van der Waals surface area contributed by atoms with Gasteiger partial charge in [0.15, 0.2) is 5.78 Å². The van der Waals surface area contributed by atoms with Gasteiger partial charge in [-0.1, -0.05) is 32.3 Å². The van der Waals surface area contributed by atoms with E-state index in [1.54, 1.807) is 6.08 Å². The average molecular weight is 238 g/mol. The second-order valence-electron chi connectivity index (χ2n) is 4.20. The highest BCUT2D eigenvalue weighted by Crippen LogP contribution is 2.17. The number of unbranched alkanes of at least 4 members (excludes halogenated alkanes) is 4. The number of hydrogen-bond donors (Lipinski definition) is 0. The molecular formula is C13H18O4. The number of carbonyl (C=O) groups excluding carboxylic acids is 3. The van der Waals surface area contributed by atoms with Crippen molar-refractivity contribution in [1.82, 2.24) is 0 Å². The monoisotopic (exact) mass is 238 g/mol. The van der Waals surface area contributed by atoms with E-state index in [2.05, 4.69) is 11.7 Å². The van der Waals surface area contributed by atoms with Gasteiger partial charge >= 0.3 is 11.9 Å². The van der Waals surface area contributed by atoms with Crippen LogP contribution in [0.5, 0.6) is 0 Å². The lowest BCUT2D eigenvalue weighted by Crippen LogP contribution is -2.16. The molecular weight excluding hydrogens is 220 g/mol. The first-order chi connectivity index (χ1) is 8.15. The minimum Gasteiger partial charge on any atom is -0.393 e. The van der Waals surface area contributed by atoms with E-state index in [0.29, 0.717) is 0 Å². The van der Waals surface area contributed by atoms with Crippen LogP contribution in [-0.4, -0.2) is 17.7 Å². The first-order valence-electron chi connectivity index (χ1n) is 6.10. The zero-order valence-corrected chi connectivity index (χ0v) is 10.1. The summed E-state index contributed by atoms with van der Waals surface area (Å²) < 4.78 is 4.32. The predicted octanol–water partition coefficient (Wildman–Crippen LogP) is 2.17. The standard InChI is InChI=1S/C13H18O4/c1-2-3-4-5-6-7-8-11(14)10-9-12(15)17-13(10)16/h7-8,10H,2-6,9H2,1H3/b8-7+. The fourth-order valence-electron chi connectivity index (χ4n) is 1.70. The number of rotatable bonds is 7. The molecule has 1 atom stereocenters. The van der Waals surface area contributed by atoms with Crippen LogP contribution in [-0.2, 0) is 19.1 Å². The lowest BCUT2D eigenvalue weighted by atomic mass is 10.0. The SMILES string of the molecule is CCCCCC/C=C/C(=O)C1CC(=O)OC1=O. The Morgan fingerprint density at radius 2 is 2.12 bits per heavy atom. The molecule has 94 valence electrons. The molecule has 0 radical (unpaired) electrons. The summed E-state index contributed by atoms with van der Waals surface area (Å²) in [6.45, 7) is 2.14. The minimum absolute atomic E-state index is 0.113. The van der Waals surface area contributed by atoms with Crippen LogP contribution in [0, 0.1) is 5.92 Å². The Morgan fingerprint density at radius 3 is 2.71 bits per heavy atom. The molecule has 0 saturated carbocycles. The van der Waals surface area contributed by atoms with Crippen molar-refractivity contribution >= 4 is 17.7 Å². The van der Waals surface area contributed by atoms with Crippen molar-refractivity contribution in [1.29, 1.82) is 0 Å². The topological polar surface area (TPSA) is 60.4 Å². The van der Waals surface area contributed by atoms with Crippen molar-refractivity contribution in [3.05, 3.63) is 12.2 Å². The molecule has 1 rings (SSSR count). The van der Waals surface area contributed by atoms with Gasteiger partial charge < -0.3 is 4.74 Å². The third-order valence-corrected chi connectivity index (χ3v) is 2.72. The molecule has 0 aromatic rings. The van der Waals surface area contributed by atoms with E-state index >= 15 is 0 Å². The van der Waals surface area contributed by atoms with Crippen LogP contribution in [0.25, 0.3) is 0 Å². The number of carbonyl (C=O) groups is 3. The summed E-state index contributed by atoms with van der Waals surface area (Å²) in [5.41, 5.74) is 0. The Kier molecular flexibility index (Phi) is 5.60.